The van der Waals surface area contributed by atoms with Crippen LogP contribution in [0.3, 0.4) is 0 Å². The van der Waals surface area contributed by atoms with Crippen LogP contribution < -0.4 is 0 Å². The Morgan fingerprint density at radius 3 is 1.57 bits per heavy atom. The molecule has 0 bridgehead atoms. The maximum absolute atomic E-state index is 14.7. The summed E-state index contributed by atoms with van der Waals surface area (Å²) in [5.41, 5.74) is -1.03. The van der Waals surface area contributed by atoms with Crippen LogP contribution in [0, 0.1) is 23.7 Å². The summed E-state index contributed by atoms with van der Waals surface area (Å²) in [6.45, 7) is 14.4. The second kappa shape index (κ2) is 5.14. The van der Waals surface area contributed by atoms with Gasteiger partial charge in [-0.3, -0.25) is 0 Å². The highest BCUT2D eigenvalue weighted by molar-refractivity contribution is 4.90. The van der Waals surface area contributed by atoms with Gasteiger partial charge in [-0.05, 0) is 30.6 Å². The monoisotopic (exact) mass is 202 g/mol. The third-order valence-electron chi connectivity index (χ3n) is 3.66. The van der Waals surface area contributed by atoms with E-state index in [2.05, 4.69) is 34.6 Å². The molecule has 0 rings (SSSR count). The van der Waals surface area contributed by atoms with E-state index in [9.17, 15) is 4.39 Å². The predicted molar refractivity (Wildman–Crippen MR) is 62.1 cm³/mol. The van der Waals surface area contributed by atoms with Gasteiger partial charge in [-0.1, -0.05) is 48.0 Å². The van der Waals surface area contributed by atoms with Gasteiger partial charge in [0.05, 0.1) is 0 Å². The first kappa shape index (κ1) is 13.9. The van der Waals surface area contributed by atoms with Crippen molar-refractivity contribution in [3.8, 4) is 0 Å². The van der Waals surface area contributed by atoms with Gasteiger partial charge in [0.1, 0.15) is 5.67 Å². The van der Waals surface area contributed by atoms with Crippen molar-refractivity contribution in [2.24, 2.45) is 23.7 Å². The largest absolute Gasteiger partial charge is 0.244 e. The summed E-state index contributed by atoms with van der Waals surface area (Å²) in [6, 6.07) is 0. The third-order valence-corrected chi connectivity index (χ3v) is 3.66. The van der Waals surface area contributed by atoms with Gasteiger partial charge in [0.25, 0.3) is 0 Å². The molecule has 0 saturated heterocycles. The van der Waals surface area contributed by atoms with Gasteiger partial charge in [-0.2, -0.15) is 0 Å². The van der Waals surface area contributed by atoms with Crippen LogP contribution in [0.4, 0.5) is 4.39 Å². The summed E-state index contributed by atoms with van der Waals surface area (Å²) in [4.78, 5) is 0. The molecule has 0 aromatic rings. The molecule has 2 atom stereocenters. The molecule has 86 valence electrons. The van der Waals surface area contributed by atoms with E-state index in [1.807, 2.05) is 6.92 Å². The van der Waals surface area contributed by atoms with Crippen LogP contribution in [0.2, 0.25) is 0 Å². The molecular weight excluding hydrogens is 175 g/mol. The summed E-state index contributed by atoms with van der Waals surface area (Å²) in [5.74, 6) is 1.15. The summed E-state index contributed by atoms with van der Waals surface area (Å²) in [7, 11) is 0. The Morgan fingerprint density at radius 2 is 1.36 bits per heavy atom. The molecule has 0 spiro atoms. The first-order valence-corrected chi connectivity index (χ1v) is 5.94. The van der Waals surface area contributed by atoms with E-state index in [0.717, 1.165) is 6.42 Å². The Hall–Kier alpha value is -0.0700. The smallest absolute Gasteiger partial charge is 0.114 e. The molecule has 0 nitrogen and oxygen atoms in total. The zero-order valence-electron chi connectivity index (χ0n) is 10.9. The SMILES string of the molecule is CCC(C)C(C)(F)C(C(C)C)C(C)C. The number of halogens is 1. The Bertz CT molecular complexity index is 151. The lowest BCUT2D eigenvalue weighted by atomic mass is 9.69. The second-order valence-electron chi connectivity index (χ2n) is 5.47. The summed E-state index contributed by atoms with van der Waals surface area (Å²) in [5, 5.41) is 0. The molecule has 14 heavy (non-hydrogen) atoms. The molecule has 0 amide bonds. The molecule has 0 fully saturated rings. The van der Waals surface area contributed by atoms with E-state index < -0.39 is 5.67 Å². The van der Waals surface area contributed by atoms with Crippen LogP contribution in [-0.4, -0.2) is 5.67 Å². The Labute approximate surface area is 89.3 Å². The summed E-state index contributed by atoms with van der Waals surface area (Å²) in [6.07, 6.45) is 0.920. The zero-order chi connectivity index (χ0) is 11.5. The lowest BCUT2D eigenvalue weighted by Crippen LogP contribution is -2.42. The minimum absolute atomic E-state index is 0.150. The molecule has 0 saturated carbocycles. The van der Waals surface area contributed by atoms with Gasteiger partial charge in [-0.15, -0.1) is 0 Å². The number of rotatable bonds is 5. The number of hydrogen-bond acceptors (Lipinski definition) is 0. The van der Waals surface area contributed by atoms with Crippen molar-refractivity contribution < 1.29 is 4.39 Å². The van der Waals surface area contributed by atoms with E-state index in [4.69, 9.17) is 0 Å². The summed E-state index contributed by atoms with van der Waals surface area (Å²) < 4.78 is 14.7. The second-order valence-corrected chi connectivity index (χ2v) is 5.47. The zero-order valence-corrected chi connectivity index (χ0v) is 10.9. The fraction of sp³-hybridized carbons (Fsp3) is 1.00. The van der Waals surface area contributed by atoms with Crippen molar-refractivity contribution in [3.05, 3.63) is 0 Å². The topological polar surface area (TPSA) is 0 Å². The summed E-state index contributed by atoms with van der Waals surface area (Å²) >= 11 is 0. The maximum atomic E-state index is 14.7. The van der Waals surface area contributed by atoms with E-state index in [-0.39, 0.29) is 11.8 Å². The Kier molecular flexibility index (Phi) is 5.11. The Morgan fingerprint density at radius 1 is 1.00 bits per heavy atom. The van der Waals surface area contributed by atoms with E-state index in [1.54, 1.807) is 6.92 Å². The molecule has 1 heteroatoms. The maximum Gasteiger partial charge on any atom is 0.114 e. The van der Waals surface area contributed by atoms with Crippen LogP contribution in [0.5, 0.6) is 0 Å². The Balaban J connectivity index is 4.80. The first-order valence-electron chi connectivity index (χ1n) is 5.94. The molecule has 0 aromatic carbocycles. The molecule has 0 aliphatic carbocycles. The van der Waals surface area contributed by atoms with Gasteiger partial charge in [0.15, 0.2) is 0 Å². The van der Waals surface area contributed by atoms with Gasteiger partial charge >= 0.3 is 0 Å². The number of hydrogen-bond donors (Lipinski definition) is 0. The molecule has 0 aromatic heterocycles. The van der Waals surface area contributed by atoms with E-state index in [0.29, 0.717) is 11.8 Å². The van der Waals surface area contributed by atoms with Crippen molar-refractivity contribution >= 4 is 0 Å². The van der Waals surface area contributed by atoms with Crippen LogP contribution >= 0.6 is 0 Å². The molecule has 2 unspecified atom stereocenters. The highest BCUT2D eigenvalue weighted by Gasteiger charge is 2.41. The van der Waals surface area contributed by atoms with Gasteiger partial charge in [0, 0.05) is 0 Å². The lowest BCUT2D eigenvalue weighted by molar-refractivity contribution is -0.00875. The molecule has 0 radical (unpaired) electrons. The first-order chi connectivity index (χ1) is 6.25. The van der Waals surface area contributed by atoms with Gasteiger partial charge in [-0.25, -0.2) is 4.39 Å². The normalized spacial score (nSPS) is 19.1. The van der Waals surface area contributed by atoms with Crippen molar-refractivity contribution in [1.82, 2.24) is 0 Å². The molecule has 0 aliphatic heterocycles. The minimum Gasteiger partial charge on any atom is -0.244 e. The van der Waals surface area contributed by atoms with Gasteiger partial charge < -0.3 is 0 Å². The van der Waals surface area contributed by atoms with Crippen molar-refractivity contribution in [2.45, 2.75) is 60.6 Å². The standard InChI is InChI=1S/C13H27F/c1-8-11(6)13(7,14)12(9(2)3)10(4)5/h9-12H,8H2,1-7H3. The molecule has 0 aliphatic rings. The highest BCUT2D eigenvalue weighted by Crippen LogP contribution is 2.40. The fourth-order valence-corrected chi connectivity index (χ4v) is 2.80. The fourth-order valence-electron chi connectivity index (χ4n) is 2.80. The third kappa shape index (κ3) is 2.96. The van der Waals surface area contributed by atoms with Crippen molar-refractivity contribution in [3.63, 3.8) is 0 Å². The average Bonchev–Trinajstić information content (AvgIpc) is 2.00. The minimum atomic E-state index is -1.03. The number of alkyl halides is 1. The van der Waals surface area contributed by atoms with Gasteiger partial charge in [0.2, 0.25) is 0 Å². The highest BCUT2D eigenvalue weighted by atomic mass is 19.1. The van der Waals surface area contributed by atoms with Crippen LogP contribution in [0.25, 0.3) is 0 Å². The van der Waals surface area contributed by atoms with E-state index >= 15 is 0 Å². The van der Waals surface area contributed by atoms with Crippen molar-refractivity contribution in [2.75, 3.05) is 0 Å². The van der Waals surface area contributed by atoms with Crippen molar-refractivity contribution in [1.29, 1.82) is 0 Å². The van der Waals surface area contributed by atoms with E-state index in [1.165, 1.54) is 0 Å². The quantitative estimate of drug-likeness (QED) is 0.606. The lowest BCUT2D eigenvalue weighted by Gasteiger charge is -2.40. The predicted octanol–water partition coefficient (Wildman–Crippen LogP) is 4.69. The molecular formula is C13H27F. The van der Waals surface area contributed by atoms with Crippen LogP contribution in [0.15, 0.2) is 0 Å². The molecule has 0 N–H and O–H groups in total. The van der Waals surface area contributed by atoms with Crippen LogP contribution in [-0.2, 0) is 0 Å². The molecule has 0 heterocycles. The average molecular weight is 202 g/mol. The van der Waals surface area contributed by atoms with Crippen LogP contribution in [0.1, 0.15) is 54.9 Å².